The molecule has 156 valence electrons. The number of nitrogens with zero attached hydrogens (tertiary/aromatic N) is 2. The van der Waals surface area contributed by atoms with E-state index in [9.17, 15) is 19.5 Å². The Kier molecular flexibility index (Phi) is 5.63. The number of rotatable bonds is 2. The molecule has 1 aliphatic carbocycles. The second-order valence-electron chi connectivity index (χ2n) is 9.16. The first-order chi connectivity index (χ1) is 13.5. The van der Waals surface area contributed by atoms with Crippen LogP contribution in [0.5, 0.6) is 0 Å². The van der Waals surface area contributed by atoms with Crippen molar-refractivity contribution in [1.82, 2.24) is 15.1 Å². The van der Waals surface area contributed by atoms with Gasteiger partial charge in [0.25, 0.3) is 0 Å². The van der Waals surface area contributed by atoms with Crippen LogP contribution in [-0.4, -0.2) is 71.5 Å². The summed E-state index contributed by atoms with van der Waals surface area (Å²) in [5.41, 5.74) is -0.842. The molecule has 0 aromatic heterocycles. The number of carbonyl (C=O) groups excluding carboxylic acids is 3. The Morgan fingerprint density at radius 3 is 2.18 bits per heavy atom. The molecule has 0 unspecified atom stereocenters. The lowest BCUT2D eigenvalue weighted by molar-refractivity contribution is -0.158. The molecule has 4 fully saturated rings. The van der Waals surface area contributed by atoms with Crippen molar-refractivity contribution in [1.29, 1.82) is 0 Å². The highest BCUT2D eigenvalue weighted by Crippen LogP contribution is 2.38. The fourth-order valence-corrected chi connectivity index (χ4v) is 5.67. The van der Waals surface area contributed by atoms with Crippen LogP contribution in [0.4, 0.5) is 0 Å². The maximum atomic E-state index is 13.1. The zero-order valence-electron chi connectivity index (χ0n) is 16.7. The molecule has 0 bridgehead atoms. The largest absolute Gasteiger partial charge is 0.392 e. The summed E-state index contributed by atoms with van der Waals surface area (Å²) in [5, 5.41) is 13.4. The summed E-state index contributed by atoms with van der Waals surface area (Å²) < 4.78 is 0. The van der Waals surface area contributed by atoms with Gasteiger partial charge in [-0.15, -0.1) is 0 Å². The van der Waals surface area contributed by atoms with E-state index in [4.69, 9.17) is 0 Å². The lowest BCUT2D eigenvalue weighted by Crippen LogP contribution is -2.62. The molecule has 2 N–H and O–H groups in total. The topological polar surface area (TPSA) is 90.0 Å². The quantitative estimate of drug-likeness (QED) is 0.732. The minimum Gasteiger partial charge on any atom is -0.392 e. The molecule has 28 heavy (non-hydrogen) atoms. The van der Waals surface area contributed by atoms with Crippen molar-refractivity contribution < 1.29 is 19.5 Å². The predicted molar refractivity (Wildman–Crippen MR) is 103 cm³/mol. The molecule has 1 saturated carbocycles. The van der Waals surface area contributed by atoms with Crippen molar-refractivity contribution in [3.63, 3.8) is 0 Å². The van der Waals surface area contributed by atoms with Gasteiger partial charge in [-0.1, -0.05) is 12.8 Å². The SMILES string of the molecule is O=C(C1CCCC1)N1CCC(C(=O)N2CC[C@@H](O)[C@@]3(CCCNC3=O)C2)CC1. The number of nitrogens with one attached hydrogen (secondary N) is 1. The summed E-state index contributed by atoms with van der Waals surface area (Å²) in [4.78, 5) is 42.0. The van der Waals surface area contributed by atoms with Crippen molar-refractivity contribution in [3.05, 3.63) is 0 Å². The summed E-state index contributed by atoms with van der Waals surface area (Å²) >= 11 is 0. The number of aliphatic hydroxyl groups is 1. The Hall–Kier alpha value is -1.63. The van der Waals surface area contributed by atoms with Gasteiger partial charge >= 0.3 is 0 Å². The second kappa shape index (κ2) is 8.01. The van der Waals surface area contributed by atoms with Crippen LogP contribution in [0.2, 0.25) is 0 Å². The molecular weight excluding hydrogens is 358 g/mol. The van der Waals surface area contributed by atoms with E-state index in [1.54, 1.807) is 4.90 Å². The first-order valence-electron chi connectivity index (χ1n) is 11.1. The third-order valence-electron chi connectivity index (χ3n) is 7.49. The predicted octanol–water partition coefficient (Wildman–Crippen LogP) is 0.905. The van der Waals surface area contributed by atoms with Gasteiger partial charge in [-0.2, -0.15) is 0 Å². The van der Waals surface area contributed by atoms with Gasteiger partial charge in [-0.05, 0) is 44.9 Å². The van der Waals surface area contributed by atoms with Gasteiger partial charge in [-0.25, -0.2) is 0 Å². The van der Waals surface area contributed by atoms with E-state index in [1.165, 1.54) is 0 Å². The fourth-order valence-electron chi connectivity index (χ4n) is 5.67. The van der Waals surface area contributed by atoms with Gasteiger partial charge in [0.2, 0.25) is 17.7 Å². The fraction of sp³-hybridized carbons (Fsp3) is 0.857. The van der Waals surface area contributed by atoms with E-state index in [-0.39, 0.29) is 29.6 Å². The van der Waals surface area contributed by atoms with E-state index in [2.05, 4.69) is 5.32 Å². The number of carbonyl (C=O) groups is 3. The molecule has 0 radical (unpaired) electrons. The summed E-state index contributed by atoms with van der Waals surface area (Å²) in [5.74, 6) is 0.382. The average Bonchev–Trinajstić information content (AvgIpc) is 3.26. The summed E-state index contributed by atoms with van der Waals surface area (Å²) in [6, 6.07) is 0. The summed E-state index contributed by atoms with van der Waals surface area (Å²) in [6.07, 6.45) is 7.00. The Labute approximate surface area is 166 Å². The Morgan fingerprint density at radius 2 is 1.50 bits per heavy atom. The molecule has 4 rings (SSSR count). The summed E-state index contributed by atoms with van der Waals surface area (Å²) in [6.45, 7) is 2.80. The van der Waals surface area contributed by atoms with Crippen LogP contribution >= 0.6 is 0 Å². The molecule has 1 spiro atoms. The van der Waals surface area contributed by atoms with E-state index < -0.39 is 11.5 Å². The van der Waals surface area contributed by atoms with Crippen molar-refractivity contribution in [2.45, 2.75) is 63.9 Å². The first-order valence-corrected chi connectivity index (χ1v) is 11.1. The van der Waals surface area contributed by atoms with Crippen LogP contribution in [0.25, 0.3) is 0 Å². The third-order valence-corrected chi connectivity index (χ3v) is 7.49. The third kappa shape index (κ3) is 3.53. The number of hydrogen-bond acceptors (Lipinski definition) is 4. The molecule has 3 heterocycles. The number of piperidine rings is 3. The van der Waals surface area contributed by atoms with Crippen LogP contribution in [-0.2, 0) is 14.4 Å². The van der Waals surface area contributed by atoms with E-state index in [0.717, 1.165) is 32.1 Å². The van der Waals surface area contributed by atoms with Crippen LogP contribution in [0.15, 0.2) is 0 Å². The van der Waals surface area contributed by atoms with Crippen molar-refractivity contribution >= 4 is 17.7 Å². The number of aliphatic hydroxyl groups excluding tert-OH is 1. The maximum absolute atomic E-state index is 13.1. The van der Waals surface area contributed by atoms with E-state index >= 15 is 0 Å². The molecule has 3 aliphatic heterocycles. The van der Waals surface area contributed by atoms with Crippen LogP contribution in [0.1, 0.15) is 57.8 Å². The molecule has 2 atom stereocenters. The highest BCUT2D eigenvalue weighted by atomic mass is 16.3. The van der Waals surface area contributed by atoms with Crippen molar-refractivity contribution in [2.24, 2.45) is 17.3 Å². The normalized spacial score (nSPS) is 32.6. The number of likely N-dealkylation sites (tertiary alicyclic amines) is 2. The van der Waals surface area contributed by atoms with Gasteiger partial charge in [-0.3, -0.25) is 14.4 Å². The van der Waals surface area contributed by atoms with Gasteiger partial charge in [0.05, 0.1) is 11.5 Å². The van der Waals surface area contributed by atoms with Crippen LogP contribution in [0, 0.1) is 17.3 Å². The smallest absolute Gasteiger partial charge is 0.230 e. The highest BCUT2D eigenvalue weighted by Gasteiger charge is 2.51. The Bertz CT molecular complexity index is 625. The minimum absolute atomic E-state index is 0.0772. The molecular formula is C21H33N3O4. The highest BCUT2D eigenvalue weighted by molar-refractivity contribution is 5.86. The molecule has 3 saturated heterocycles. The maximum Gasteiger partial charge on any atom is 0.230 e. The van der Waals surface area contributed by atoms with Crippen molar-refractivity contribution in [2.75, 3.05) is 32.7 Å². The zero-order valence-corrected chi connectivity index (χ0v) is 16.7. The monoisotopic (exact) mass is 391 g/mol. The van der Waals surface area contributed by atoms with Gasteiger partial charge < -0.3 is 20.2 Å². The van der Waals surface area contributed by atoms with Crippen LogP contribution in [0.3, 0.4) is 0 Å². The lowest BCUT2D eigenvalue weighted by atomic mass is 9.71. The molecule has 0 aromatic rings. The number of hydrogen-bond donors (Lipinski definition) is 2. The minimum atomic E-state index is -0.842. The Morgan fingerprint density at radius 1 is 0.893 bits per heavy atom. The molecule has 4 aliphatic rings. The van der Waals surface area contributed by atoms with Crippen molar-refractivity contribution in [3.8, 4) is 0 Å². The average molecular weight is 392 g/mol. The second-order valence-corrected chi connectivity index (χ2v) is 9.16. The zero-order chi connectivity index (χ0) is 19.7. The standard InChI is InChI=1S/C21H33N3O4/c25-17-8-13-24(14-21(17)9-3-10-22-20(21)28)19(27)16-6-11-23(12-7-16)18(26)15-4-1-2-5-15/h15-17,25H,1-14H2,(H,22,28)/t17-,21-/m1/s1. The van der Waals surface area contributed by atoms with Gasteiger partial charge in [0.15, 0.2) is 0 Å². The lowest BCUT2D eigenvalue weighted by Gasteiger charge is -2.47. The van der Waals surface area contributed by atoms with E-state index in [0.29, 0.717) is 58.4 Å². The van der Waals surface area contributed by atoms with Crippen LogP contribution < -0.4 is 5.32 Å². The molecule has 7 heteroatoms. The first kappa shape index (κ1) is 19.7. The molecule has 7 nitrogen and oxygen atoms in total. The number of amides is 3. The molecule has 3 amide bonds. The van der Waals surface area contributed by atoms with E-state index in [1.807, 2.05) is 4.90 Å². The molecule has 0 aromatic carbocycles. The summed E-state index contributed by atoms with van der Waals surface area (Å²) in [7, 11) is 0. The van der Waals surface area contributed by atoms with Gasteiger partial charge in [0.1, 0.15) is 0 Å². The van der Waals surface area contributed by atoms with Gasteiger partial charge in [0, 0.05) is 44.6 Å². The Balaban J connectivity index is 1.35.